The number of para-hydroxylation sites is 1. The molecule has 3 aliphatic rings. The van der Waals surface area contributed by atoms with Crippen LogP contribution in [0.5, 0.6) is 0 Å². The van der Waals surface area contributed by atoms with Gasteiger partial charge in [-0.15, -0.1) is 0 Å². The van der Waals surface area contributed by atoms with Crippen LogP contribution >= 0.6 is 0 Å². The highest BCUT2D eigenvalue weighted by Gasteiger charge is 2.42. The number of sulfone groups is 1. The summed E-state index contributed by atoms with van der Waals surface area (Å²) in [5.41, 5.74) is 2.27. The van der Waals surface area contributed by atoms with E-state index in [1.807, 2.05) is 0 Å². The first-order valence-electron chi connectivity index (χ1n) is 11.0. The van der Waals surface area contributed by atoms with E-state index in [9.17, 15) is 26.0 Å². The van der Waals surface area contributed by atoms with Gasteiger partial charge in [0.05, 0.1) is 16.8 Å². The van der Waals surface area contributed by atoms with Gasteiger partial charge in [0.1, 0.15) is 11.5 Å². The quantitative estimate of drug-likeness (QED) is 0.619. The van der Waals surface area contributed by atoms with Gasteiger partial charge < -0.3 is 4.90 Å². The Morgan fingerprint density at radius 1 is 1.09 bits per heavy atom. The van der Waals surface area contributed by atoms with Crippen molar-refractivity contribution >= 4 is 25.8 Å². The Balaban J connectivity index is 1.33. The standard InChI is InChI=1S/C21H25FN4O5S2/c22-17-5-1-2-6-19(17)26-18-7-3-4-16(18)20(23-26)21(27)24-9-11-25(12-10-24)33(30,31)15-8-13-32(28,29)14-15/h1-2,5-6,15H,3-4,7-14H2. The van der Waals surface area contributed by atoms with Crippen LogP contribution in [-0.2, 0) is 32.7 Å². The molecule has 0 bridgehead atoms. The number of rotatable bonds is 4. The molecule has 2 saturated heterocycles. The predicted molar refractivity (Wildman–Crippen MR) is 119 cm³/mol. The normalized spacial score (nSPS) is 23.1. The first-order chi connectivity index (χ1) is 15.7. The molecule has 1 unspecified atom stereocenters. The Labute approximate surface area is 192 Å². The Hall–Kier alpha value is -2.31. The van der Waals surface area contributed by atoms with Crippen molar-refractivity contribution in [1.82, 2.24) is 19.0 Å². The van der Waals surface area contributed by atoms with E-state index in [-0.39, 0.29) is 50.0 Å². The number of carbonyl (C=O) groups excluding carboxylic acids is 1. The molecule has 0 saturated carbocycles. The average molecular weight is 497 g/mol. The summed E-state index contributed by atoms with van der Waals surface area (Å²) in [5.74, 6) is -1.15. The van der Waals surface area contributed by atoms with Crippen molar-refractivity contribution in [3.63, 3.8) is 0 Å². The number of halogens is 1. The number of hydrogen-bond acceptors (Lipinski definition) is 6. The lowest BCUT2D eigenvalue weighted by molar-refractivity contribution is 0.0690. The van der Waals surface area contributed by atoms with Crippen LogP contribution in [0.2, 0.25) is 0 Å². The van der Waals surface area contributed by atoms with Crippen molar-refractivity contribution in [1.29, 1.82) is 0 Å². The lowest BCUT2D eigenvalue weighted by atomic mass is 10.1. The maximum absolute atomic E-state index is 14.4. The van der Waals surface area contributed by atoms with Crippen LogP contribution in [0.4, 0.5) is 4.39 Å². The van der Waals surface area contributed by atoms with Gasteiger partial charge in [0, 0.05) is 37.4 Å². The summed E-state index contributed by atoms with van der Waals surface area (Å²) < 4.78 is 66.4. The number of fused-ring (bicyclic) bond motifs is 1. The Morgan fingerprint density at radius 2 is 1.82 bits per heavy atom. The van der Waals surface area contributed by atoms with Crippen molar-refractivity contribution in [2.24, 2.45) is 0 Å². The van der Waals surface area contributed by atoms with Gasteiger partial charge in [0.2, 0.25) is 10.0 Å². The molecule has 9 nitrogen and oxygen atoms in total. The predicted octanol–water partition coefficient (Wildman–Crippen LogP) is 0.775. The van der Waals surface area contributed by atoms with Crippen molar-refractivity contribution in [3.8, 4) is 5.69 Å². The number of nitrogens with zero attached hydrogens (tertiary/aromatic N) is 4. The fraction of sp³-hybridized carbons (Fsp3) is 0.524. The van der Waals surface area contributed by atoms with Crippen LogP contribution in [0.1, 0.15) is 34.6 Å². The Bertz CT molecular complexity index is 1310. The first kappa shape index (κ1) is 22.5. The van der Waals surface area contributed by atoms with Crippen molar-refractivity contribution in [3.05, 3.63) is 47.0 Å². The molecule has 1 aliphatic carbocycles. The highest BCUT2D eigenvalue weighted by Crippen LogP contribution is 2.30. The summed E-state index contributed by atoms with van der Waals surface area (Å²) in [5, 5.41) is 3.56. The van der Waals surface area contributed by atoms with Gasteiger partial charge in [-0.05, 0) is 37.8 Å². The molecule has 5 rings (SSSR count). The second-order valence-electron chi connectivity index (χ2n) is 8.75. The zero-order valence-corrected chi connectivity index (χ0v) is 19.6. The van der Waals surface area contributed by atoms with Crippen molar-refractivity contribution in [2.45, 2.75) is 30.9 Å². The van der Waals surface area contributed by atoms with Crippen molar-refractivity contribution in [2.75, 3.05) is 37.7 Å². The lowest BCUT2D eigenvalue weighted by Gasteiger charge is -2.35. The van der Waals surface area contributed by atoms with E-state index in [4.69, 9.17) is 0 Å². The fourth-order valence-electron chi connectivity index (χ4n) is 4.93. The second kappa shape index (κ2) is 8.17. The molecular weight excluding hydrogens is 471 g/mol. The van der Waals surface area contributed by atoms with Crippen molar-refractivity contribution < 1.29 is 26.0 Å². The van der Waals surface area contributed by atoms with Crippen LogP contribution in [0, 0.1) is 5.82 Å². The van der Waals surface area contributed by atoms with Crippen LogP contribution in [0.15, 0.2) is 24.3 Å². The van der Waals surface area contributed by atoms with Gasteiger partial charge in [-0.25, -0.2) is 25.9 Å². The number of sulfonamides is 1. The fourth-order valence-corrected chi connectivity index (χ4v) is 9.45. The summed E-state index contributed by atoms with van der Waals surface area (Å²) in [4.78, 5) is 14.9. The van der Waals surface area contributed by atoms with Gasteiger partial charge >= 0.3 is 0 Å². The third kappa shape index (κ3) is 3.97. The zero-order valence-electron chi connectivity index (χ0n) is 18.0. The molecule has 1 aromatic heterocycles. The minimum Gasteiger partial charge on any atom is -0.335 e. The Kier molecular flexibility index (Phi) is 5.57. The third-order valence-electron chi connectivity index (χ3n) is 6.71. The number of piperazine rings is 1. The Morgan fingerprint density at radius 3 is 2.48 bits per heavy atom. The first-order valence-corrected chi connectivity index (χ1v) is 14.3. The minimum absolute atomic E-state index is 0.106. The minimum atomic E-state index is -3.74. The largest absolute Gasteiger partial charge is 0.335 e. The van der Waals surface area contributed by atoms with Crippen LogP contribution in [0.3, 0.4) is 0 Å². The summed E-state index contributed by atoms with van der Waals surface area (Å²) in [6, 6.07) is 6.30. The molecule has 2 aliphatic heterocycles. The zero-order chi connectivity index (χ0) is 23.4. The van der Waals surface area contributed by atoms with Gasteiger partial charge in [-0.1, -0.05) is 12.1 Å². The molecule has 0 N–H and O–H groups in total. The van der Waals surface area contributed by atoms with E-state index in [1.165, 1.54) is 15.1 Å². The molecule has 3 heterocycles. The average Bonchev–Trinajstić information content (AvgIpc) is 3.49. The number of aromatic nitrogens is 2. The van der Waals surface area contributed by atoms with E-state index in [2.05, 4.69) is 5.10 Å². The maximum Gasteiger partial charge on any atom is 0.274 e. The van der Waals surface area contributed by atoms with Gasteiger partial charge in [-0.2, -0.15) is 9.40 Å². The van der Waals surface area contributed by atoms with E-state index in [1.54, 1.807) is 23.1 Å². The third-order valence-corrected chi connectivity index (χ3v) is 11.0. The molecule has 0 spiro atoms. The number of carbonyl (C=O) groups is 1. The van der Waals surface area contributed by atoms with Crippen LogP contribution < -0.4 is 0 Å². The SMILES string of the molecule is O=C(c1nn(-c2ccccc2F)c2c1CCC2)N1CCN(S(=O)(=O)C2CCS(=O)(=O)C2)CC1. The topological polar surface area (TPSA) is 110 Å². The summed E-state index contributed by atoms with van der Waals surface area (Å²) in [6.07, 6.45) is 2.37. The summed E-state index contributed by atoms with van der Waals surface area (Å²) >= 11 is 0. The van der Waals surface area contributed by atoms with Gasteiger partial charge in [-0.3, -0.25) is 4.79 Å². The van der Waals surface area contributed by atoms with Crippen LogP contribution in [0.25, 0.3) is 5.69 Å². The summed E-state index contributed by atoms with van der Waals surface area (Å²) in [6.45, 7) is 0.611. The molecule has 1 aromatic carbocycles. The molecule has 178 valence electrons. The van der Waals surface area contributed by atoms with Crippen LogP contribution in [-0.4, -0.2) is 84.7 Å². The van der Waals surface area contributed by atoms with E-state index in [0.717, 1.165) is 17.7 Å². The molecular formula is C21H25FN4O5S2. The second-order valence-corrected chi connectivity index (χ2v) is 13.2. The highest BCUT2D eigenvalue weighted by atomic mass is 32.2. The number of benzene rings is 1. The molecule has 1 atom stereocenters. The maximum atomic E-state index is 14.4. The molecule has 2 fully saturated rings. The van der Waals surface area contributed by atoms with Gasteiger partial charge in [0.25, 0.3) is 5.91 Å². The highest BCUT2D eigenvalue weighted by molar-refractivity contribution is 7.95. The molecule has 33 heavy (non-hydrogen) atoms. The lowest BCUT2D eigenvalue weighted by Crippen LogP contribution is -2.52. The monoisotopic (exact) mass is 496 g/mol. The molecule has 1 amide bonds. The van der Waals surface area contributed by atoms with E-state index in [0.29, 0.717) is 24.2 Å². The number of amides is 1. The van der Waals surface area contributed by atoms with E-state index >= 15 is 0 Å². The summed E-state index contributed by atoms with van der Waals surface area (Å²) in [7, 11) is -7.05. The van der Waals surface area contributed by atoms with E-state index < -0.39 is 30.9 Å². The molecule has 2 aromatic rings. The molecule has 0 radical (unpaired) electrons. The smallest absolute Gasteiger partial charge is 0.274 e. The number of hydrogen-bond donors (Lipinski definition) is 0. The van der Waals surface area contributed by atoms with Gasteiger partial charge in [0.15, 0.2) is 15.5 Å². The molecule has 12 heteroatoms.